The number of oxazole rings is 1. The maximum atomic E-state index is 12.8. The van der Waals surface area contributed by atoms with Crippen molar-refractivity contribution in [2.24, 2.45) is 0 Å². The summed E-state index contributed by atoms with van der Waals surface area (Å²) in [5.74, 6) is 0.527. The number of nitrogens with zero attached hydrogens (tertiary/aromatic N) is 2. The van der Waals surface area contributed by atoms with Crippen molar-refractivity contribution in [3.63, 3.8) is 0 Å². The van der Waals surface area contributed by atoms with Gasteiger partial charge in [0.05, 0.1) is 6.20 Å². The van der Waals surface area contributed by atoms with Gasteiger partial charge in [-0.3, -0.25) is 4.79 Å². The molecule has 4 nitrogen and oxygen atoms in total. The van der Waals surface area contributed by atoms with Crippen LogP contribution in [0.25, 0.3) is 11.3 Å². The van der Waals surface area contributed by atoms with Crippen LogP contribution in [0.3, 0.4) is 0 Å². The summed E-state index contributed by atoms with van der Waals surface area (Å²) in [5, 5.41) is 0.513. The lowest BCUT2D eigenvalue weighted by Crippen LogP contribution is -2.28. The number of pyridine rings is 1. The molecule has 0 spiro atoms. The summed E-state index contributed by atoms with van der Waals surface area (Å²) >= 11 is 5.90. The predicted molar refractivity (Wildman–Crippen MR) is 81.8 cm³/mol. The maximum absolute atomic E-state index is 12.8. The van der Waals surface area contributed by atoms with Crippen molar-refractivity contribution >= 4 is 11.6 Å². The van der Waals surface area contributed by atoms with Crippen molar-refractivity contribution in [2.45, 2.75) is 12.7 Å². The van der Waals surface area contributed by atoms with Gasteiger partial charge in [0.2, 0.25) is 5.89 Å². The quantitative estimate of drug-likeness (QED) is 0.707. The van der Waals surface area contributed by atoms with E-state index in [1.165, 1.54) is 12.4 Å². The number of benzene rings is 1. The van der Waals surface area contributed by atoms with E-state index in [-0.39, 0.29) is 12.4 Å². The normalized spacial score (nSPS) is 11.7. The first-order valence-corrected chi connectivity index (χ1v) is 7.20. The van der Waals surface area contributed by atoms with Crippen LogP contribution < -0.4 is 5.56 Å². The molecule has 1 aromatic carbocycles. The molecule has 0 amide bonds. The molecule has 0 radical (unpaired) electrons. The number of hydrogen-bond acceptors (Lipinski definition) is 3. The van der Waals surface area contributed by atoms with Crippen molar-refractivity contribution in [1.82, 2.24) is 9.55 Å². The number of hydrogen-bond donors (Lipinski definition) is 0. The fraction of sp³-hybridized carbons (Fsp3) is 0.125. The van der Waals surface area contributed by atoms with Crippen LogP contribution in [0.5, 0.6) is 0 Å². The zero-order valence-electron chi connectivity index (χ0n) is 12.0. The topological polar surface area (TPSA) is 48.0 Å². The molecular formula is C16H10ClF3N2O2. The molecule has 124 valence electrons. The Morgan fingerprint density at radius 3 is 2.71 bits per heavy atom. The van der Waals surface area contributed by atoms with Gasteiger partial charge in [-0.05, 0) is 24.3 Å². The Morgan fingerprint density at radius 1 is 1.21 bits per heavy atom. The van der Waals surface area contributed by atoms with Gasteiger partial charge in [-0.1, -0.05) is 23.7 Å². The molecule has 0 aliphatic rings. The van der Waals surface area contributed by atoms with Crippen LogP contribution >= 0.6 is 11.6 Å². The Hall–Kier alpha value is -2.54. The minimum absolute atomic E-state index is 0.117. The summed E-state index contributed by atoms with van der Waals surface area (Å²) in [4.78, 5) is 15.9. The van der Waals surface area contributed by atoms with Crippen LogP contribution in [-0.4, -0.2) is 9.55 Å². The Kier molecular flexibility index (Phi) is 4.19. The Balaban J connectivity index is 1.90. The van der Waals surface area contributed by atoms with Crippen LogP contribution in [-0.2, 0) is 12.7 Å². The third-order valence-corrected chi connectivity index (χ3v) is 3.53. The summed E-state index contributed by atoms with van der Waals surface area (Å²) in [5.41, 5.74) is -1.70. The van der Waals surface area contributed by atoms with E-state index in [1.807, 2.05) is 0 Å². The van der Waals surface area contributed by atoms with Gasteiger partial charge in [-0.25, -0.2) is 4.98 Å². The van der Waals surface area contributed by atoms with E-state index in [0.29, 0.717) is 16.3 Å². The zero-order valence-corrected chi connectivity index (χ0v) is 12.8. The minimum atomic E-state index is -4.71. The molecule has 0 saturated heterocycles. The largest absolute Gasteiger partial charge is 0.439 e. The van der Waals surface area contributed by atoms with E-state index in [2.05, 4.69) is 4.98 Å². The molecular weight excluding hydrogens is 345 g/mol. The van der Waals surface area contributed by atoms with Crippen LogP contribution in [0.15, 0.2) is 58.0 Å². The fourth-order valence-corrected chi connectivity index (χ4v) is 2.37. The van der Waals surface area contributed by atoms with E-state index < -0.39 is 17.3 Å². The van der Waals surface area contributed by atoms with Crippen molar-refractivity contribution in [2.75, 3.05) is 0 Å². The first-order valence-electron chi connectivity index (χ1n) is 6.82. The van der Waals surface area contributed by atoms with E-state index in [0.717, 1.165) is 16.7 Å². The van der Waals surface area contributed by atoms with Gasteiger partial charge >= 0.3 is 6.18 Å². The molecule has 0 N–H and O–H groups in total. The second-order valence-electron chi connectivity index (χ2n) is 4.98. The van der Waals surface area contributed by atoms with Crippen molar-refractivity contribution < 1.29 is 17.6 Å². The molecule has 0 bridgehead atoms. The van der Waals surface area contributed by atoms with Gasteiger partial charge in [0.25, 0.3) is 5.56 Å². The second kappa shape index (κ2) is 6.16. The molecule has 2 heterocycles. The highest BCUT2D eigenvalue weighted by molar-refractivity contribution is 6.30. The van der Waals surface area contributed by atoms with Crippen LogP contribution in [0.2, 0.25) is 5.02 Å². The van der Waals surface area contributed by atoms with E-state index in [1.54, 1.807) is 24.3 Å². The monoisotopic (exact) mass is 354 g/mol. The molecule has 0 fully saturated rings. The average Bonchev–Trinajstić information content (AvgIpc) is 2.97. The SMILES string of the molecule is O=c1c(C(F)(F)F)cccn1Cc1ncc(-c2cccc(Cl)c2)o1. The standard InChI is InChI=1S/C16H10ClF3N2O2/c17-11-4-1-3-10(7-11)13-8-21-14(24-13)9-22-6-2-5-12(15(22)23)16(18,19)20/h1-8H,9H2. The highest BCUT2D eigenvalue weighted by Gasteiger charge is 2.34. The molecule has 3 aromatic rings. The summed E-state index contributed by atoms with van der Waals surface area (Å²) < 4.78 is 44.7. The molecule has 0 saturated carbocycles. The van der Waals surface area contributed by atoms with Gasteiger partial charge < -0.3 is 8.98 Å². The first-order chi connectivity index (χ1) is 11.3. The second-order valence-corrected chi connectivity index (χ2v) is 5.42. The third kappa shape index (κ3) is 3.35. The zero-order chi connectivity index (χ0) is 17.3. The summed E-state index contributed by atoms with van der Waals surface area (Å²) in [6, 6.07) is 8.76. The van der Waals surface area contributed by atoms with Crippen molar-refractivity contribution in [3.8, 4) is 11.3 Å². The maximum Gasteiger partial charge on any atom is 0.421 e. The summed E-state index contributed by atoms with van der Waals surface area (Å²) in [6.45, 7) is -0.205. The lowest BCUT2D eigenvalue weighted by atomic mass is 10.2. The molecule has 3 rings (SSSR count). The summed E-state index contributed by atoms with van der Waals surface area (Å²) in [7, 11) is 0. The number of aromatic nitrogens is 2. The van der Waals surface area contributed by atoms with Crippen LogP contribution in [0.4, 0.5) is 13.2 Å². The number of alkyl halides is 3. The third-order valence-electron chi connectivity index (χ3n) is 3.29. The van der Waals surface area contributed by atoms with Gasteiger partial charge in [0, 0.05) is 16.8 Å². The van der Waals surface area contributed by atoms with E-state index in [4.69, 9.17) is 16.0 Å². The predicted octanol–water partition coefficient (Wildman–Crippen LogP) is 4.22. The average molecular weight is 355 g/mol. The fourth-order valence-electron chi connectivity index (χ4n) is 2.18. The highest BCUT2D eigenvalue weighted by atomic mass is 35.5. The van der Waals surface area contributed by atoms with Gasteiger partial charge in [-0.2, -0.15) is 13.2 Å². The molecule has 0 aliphatic heterocycles. The Labute approximate surface area is 139 Å². The van der Waals surface area contributed by atoms with Crippen LogP contribution in [0, 0.1) is 0 Å². The number of halogens is 4. The lowest BCUT2D eigenvalue weighted by Gasteiger charge is -2.08. The molecule has 24 heavy (non-hydrogen) atoms. The lowest BCUT2D eigenvalue weighted by molar-refractivity contribution is -0.138. The Bertz CT molecular complexity index is 931. The summed E-state index contributed by atoms with van der Waals surface area (Å²) in [6.07, 6.45) is -2.02. The Morgan fingerprint density at radius 2 is 2.00 bits per heavy atom. The highest BCUT2D eigenvalue weighted by Crippen LogP contribution is 2.26. The van der Waals surface area contributed by atoms with Crippen LogP contribution in [0.1, 0.15) is 11.5 Å². The molecule has 0 unspecified atom stereocenters. The first kappa shape index (κ1) is 16.3. The van der Waals surface area contributed by atoms with E-state index >= 15 is 0 Å². The molecule has 0 atom stereocenters. The molecule has 2 aromatic heterocycles. The number of rotatable bonds is 3. The van der Waals surface area contributed by atoms with Gasteiger partial charge in [0.15, 0.2) is 5.76 Å². The minimum Gasteiger partial charge on any atom is -0.439 e. The van der Waals surface area contributed by atoms with Crippen molar-refractivity contribution in [1.29, 1.82) is 0 Å². The molecule has 8 heteroatoms. The smallest absolute Gasteiger partial charge is 0.421 e. The van der Waals surface area contributed by atoms with Gasteiger partial charge in [0.1, 0.15) is 12.1 Å². The molecule has 0 aliphatic carbocycles. The van der Waals surface area contributed by atoms with E-state index in [9.17, 15) is 18.0 Å². The van der Waals surface area contributed by atoms with Crippen molar-refractivity contribution in [3.05, 3.63) is 75.6 Å². The van der Waals surface area contributed by atoms with Gasteiger partial charge in [-0.15, -0.1) is 0 Å².